The highest BCUT2D eigenvalue weighted by molar-refractivity contribution is 5.99. The Kier molecular flexibility index (Phi) is 5.78. The first-order valence-corrected chi connectivity index (χ1v) is 8.87. The van der Waals surface area contributed by atoms with Gasteiger partial charge in [-0.3, -0.25) is 19.2 Å². The highest BCUT2D eigenvalue weighted by Gasteiger charge is 2.43. The van der Waals surface area contributed by atoms with Crippen LogP contribution < -0.4 is 16.4 Å². The van der Waals surface area contributed by atoms with Crippen LogP contribution in [0, 0.1) is 5.82 Å². The van der Waals surface area contributed by atoms with E-state index in [2.05, 4.69) is 10.6 Å². The van der Waals surface area contributed by atoms with Crippen LogP contribution in [0.5, 0.6) is 0 Å². The number of halogens is 2. The molecule has 156 valence electrons. The Bertz CT molecular complexity index is 865. The number of likely N-dealkylation sites (tertiary alicyclic amines) is 1. The maximum Gasteiger partial charge on any atom is 0.255 e. The Hall–Kier alpha value is -3.08. The van der Waals surface area contributed by atoms with Crippen LogP contribution in [-0.4, -0.2) is 73.1 Å². The van der Waals surface area contributed by atoms with Gasteiger partial charge in [-0.2, -0.15) is 0 Å². The number of hydrogen-bond donors (Lipinski definition) is 3. The highest BCUT2D eigenvalue weighted by Crippen LogP contribution is 2.20. The van der Waals surface area contributed by atoms with Crippen LogP contribution in [0.25, 0.3) is 0 Å². The Labute approximate surface area is 164 Å². The van der Waals surface area contributed by atoms with Crippen LogP contribution in [0.3, 0.4) is 0 Å². The second-order valence-corrected chi connectivity index (χ2v) is 6.95. The molecule has 2 saturated heterocycles. The molecule has 3 rings (SSSR count). The summed E-state index contributed by atoms with van der Waals surface area (Å²) < 4.78 is 32.4. The van der Waals surface area contributed by atoms with E-state index in [9.17, 15) is 28.0 Å². The molecule has 1 aromatic rings. The zero-order chi connectivity index (χ0) is 21.3. The van der Waals surface area contributed by atoms with E-state index < -0.39 is 53.8 Å². The molecular formula is C18H20F2N4O5. The minimum Gasteiger partial charge on any atom is -0.377 e. The smallest absolute Gasteiger partial charge is 0.255 e. The minimum absolute atomic E-state index is 0.0599. The number of alkyl halides is 1. The quantitative estimate of drug-likeness (QED) is 0.580. The molecule has 0 radical (unpaired) electrons. The minimum atomic E-state index is -1.73. The predicted octanol–water partition coefficient (Wildman–Crippen LogP) is -0.893. The zero-order valence-corrected chi connectivity index (χ0v) is 15.5. The van der Waals surface area contributed by atoms with Crippen molar-refractivity contribution in [3.63, 3.8) is 0 Å². The summed E-state index contributed by atoms with van der Waals surface area (Å²) >= 11 is 0. The first kappa shape index (κ1) is 20.6. The molecular weight excluding hydrogens is 390 g/mol. The average molecular weight is 410 g/mol. The van der Waals surface area contributed by atoms with Crippen molar-refractivity contribution in [3.8, 4) is 0 Å². The van der Waals surface area contributed by atoms with Crippen LogP contribution in [-0.2, 0) is 14.3 Å². The summed E-state index contributed by atoms with van der Waals surface area (Å²) in [6.07, 6.45) is -2.54. The van der Waals surface area contributed by atoms with Crippen molar-refractivity contribution < 1.29 is 32.7 Å². The van der Waals surface area contributed by atoms with Crippen LogP contribution in [0.2, 0.25) is 0 Å². The molecule has 2 aliphatic heterocycles. The number of carbonyl (C=O) groups is 4. The number of hydrogen-bond acceptors (Lipinski definition) is 5. The number of nitrogens with two attached hydrogens (primary N) is 1. The van der Waals surface area contributed by atoms with E-state index in [4.69, 9.17) is 10.5 Å². The second-order valence-electron chi connectivity index (χ2n) is 6.95. The number of ether oxygens (including phenoxy) is 1. The summed E-state index contributed by atoms with van der Waals surface area (Å²) in [7, 11) is 1.40. The molecule has 11 heteroatoms. The summed E-state index contributed by atoms with van der Waals surface area (Å²) in [5.41, 5.74) is 4.87. The number of amides is 4. The van der Waals surface area contributed by atoms with Crippen molar-refractivity contribution in [3.05, 3.63) is 35.1 Å². The topological polar surface area (TPSA) is 131 Å². The maximum absolute atomic E-state index is 13.7. The van der Waals surface area contributed by atoms with Gasteiger partial charge in [0.25, 0.3) is 11.8 Å². The molecule has 1 aromatic carbocycles. The third kappa shape index (κ3) is 4.34. The molecule has 2 heterocycles. The van der Waals surface area contributed by atoms with E-state index >= 15 is 0 Å². The molecule has 0 spiro atoms. The molecule has 4 atom stereocenters. The van der Waals surface area contributed by atoms with Gasteiger partial charge in [-0.05, 0) is 18.2 Å². The third-order valence-electron chi connectivity index (χ3n) is 4.98. The molecule has 0 bridgehead atoms. The molecule has 0 aromatic heterocycles. The molecule has 4 N–H and O–H groups in total. The first-order chi connectivity index (χ1) is 13.7. The Morgan fingerprint density at radius 1 is 1.24 bits per heavy atom. The van der Waals surface area contributed by atoms with Gasteiger partial charge in [0.2, 0.25) is 11.8 Å². The number of primary amides is 1. The van der Waals surface area contributed by atoms with Crippen LogP contribution >= 0.6 is 0 Å². The fourth-order valence-corrected chi connectivity index (χ4v) is 3.46. The molecule has 9 nitrogen and oxygen atoms in total. The normalized spacial score (nSPS) is 26.3. The van der Waals surface area contributed by atoms with Gasteiger partial charge >= 0.3 is 0 Å². The molecule has 0 unspecified atom stereocenters. The summed E-state index contributed by atoms with van der Waals surface area (Å²) in [5.74, 6) is -3.65. The number of methoxy groups -OCH3 is 1. The van der Waals surface area contributed by atoms with E-state index in [-0.39, 0.29) is 30.6 Å². The van der Waals surface area contributed by atoms with Gasteiger partial charge in [0.1, 0.15) is 11.9 Å². The van der Waals surface area contributed by atoms with Gasteiger partial charge in [0.05, 0.1) is 12.1 Å². The van der Waals surface area contributed by atoms with E-state index in [1.165, 1.54) is 12.0 Å². The van der Waals surface area contributed by atoms with Crippen molar-refractivity contribution >= 4 is 23.6 Å². The summed E-state index contributed by atoms with van der Waals surface area (Å²) in [6.45, 7) is 0.184. The van der Waals surface area contributed by atoms with Crippen molar-refractivity contribution in [2.75, 3.05) is 20.2 Å². The third-order valence-corrected chi connectivity index (χ3v) is 4.98. The van der Waals surface area contributed by atoms with Crippen molar-refractivity contribution in [2.24, 2.45) is 5.73 Å². The zero-order valence-electron chi connectivity index (χ0n) is 15.5. The fourth-order valence-electron chi connectivity index (χ4n) is 3.46. The summed E-state index contributed by atoms with van der Waals surface area (Å²) in [5, 5.41) is 4.94. The lowest BCUT2D eigenvalue weighted by Crippen LogP contribution is -2.45. The SMILES string of the molecule is CO[C@@H]1CN(C(=O)[C@@H]2C[C@H](F)C(=O)N2)C[C@@H]1NC(=O)c1cc(F)cc(C(N)=O)c1. The van der Waals surface area contributed by atoms with E-state index in [1.54, 1.807) is 0 Å². The average Bonchev–Trinajstić information content (AvgIpc) is 3.23. The Morgan fingerprint density at radius 2 is 1.93 bits per heavy atom. The number of benzene rings is 1. The lowest BCUT2D eigenvalue weighted by molar-refractivity contribution is -0.133. The van der Waals surface area contributed by atoms with Gasteiger partial charge in [-0.1, -0.05) is 0 Å². The van der Waals surface area contributed by atoms with Crippen molar-refractivity contribution in [1.82, 2.24) is 15.5 Å². The predicted molar refractivity (Wildman–Crippen MR) is 95.0 cm³/mol. The fraction of sp³-hybridized carbons (Fsp3) is 0.444. The molecule has 2 fully saturated rings. The lowest BCUT2D eigenvalue weighted by Gasteiger charge is -2.20. The monoisotopic (exact) mass is 410 g/mol. The molecule has 4 amide bonds. The van der Waals surface area contributed by atoms with Crippen LogP contribution in [0.4, 0.5) is 8.78 Å². The van der Waals surface area contributed by atoms with E-state index in [0.717, 1.165) is 18.2 Å². The molecule has 29 heavy (non-hydrogen) atoms. The van der Waals surface area contributed by atoms with Gasteiger partial charge in [-0.25, -0.2) is 8.78 Å². The summed E-state index contributed by atoms with van der Waals surface area (Å²) in [6, 6.07) is 1.44. The Morgan fingerprint density at radius 3 is 2.52 bits per heavy atom. The van der Waals surface area contributed by atoms with Gasteiger partial charge in [-0.15, -0.1) is 0 Å². The number of rotatable bonds is 5. The standard InChI is InChI=1S/C18H20F2N4O5/c1-29-14-7-24(18(28)12-5-11(20)17(27)22-12)6-13(14)23-16(26)9-2-8(15(21)25)3-10(19)4-9/h2-4,11-14H,5-7H2,1H3,(H2,21,25)(H,22,27)(H,23,26)/t11-,12-,13-,14+/m0/s1. The van der Waals surface area contributed by atoms with E-state index in [0.29, 0.717) is 0 Å². The van der Waals surface area contributed by atoms with E-state index in [1.807, 2.05) is 0 Å². The maximum atomic E-state index is 13.7. The largest absolute Gasteiger partial charge is 0.377 e. The Balaban J connectivity index is 1.69. The van der Waals surface area contributed by atoms with Crippen molar-refractivity contribution in [1.29, 1.82) is 0 Å². The lowest BCUT2D eigenvalue weighted by atomic mass is 10.1. The molecule has 2 aliphatic rings. The van der Waals surface area contributed by atoms with Gasteiger partial charge in [0, 0.05) is 37.7 Å². The van der Waals surface area contributed by atoms with Crippen molar-refractivity contribution in [2.45, 2.75) is 30.8 Å². The first-order valence-electron chi connectivity index (χ1n) is 8.87. The highest BCUT2D eigenvalue weighted by atomic mass is 19.1. The number of carbonyl (C=O) groups excluding carboxylic acids is 4. The van der Waals surface area contributed by atoms with Gasteiger partial charge < -0.3 is 26.0 Å². The van der Waals surface area contributed by atoms with Gasteiger partial charge in [0.15, 0.2) is 6.17 Å². The second kappa shape index (κ2) is 8.11. The number of nitrogens with zero attached hydrogens (tertiary/aromatic N) is 1. The van der Waals surface area contributed by atoms with Crippen LogP contribution in [0.1, 0.15) is 27.1 Å². The van der Waals surface area contributed by atoms with Crippen LogP contribution in [0.15, 0.2) is 18.2 Å². The summed E-state index contributed by atoms with van der Waals surface area (Å²) in [4.78, 5) is 49.0. The number of nitrogens with one attached hydrogen (secondary N) is 2. The molecule has 0 aliphatic carbocycles. The molecule has 0 saturated carbocycles.